The third-order valence-corrected chi connectivity index (χ3v) is 3.65. The molecular formula is C15H20N2O4. The Hall–Kier alpha value is -1.92. The first kappa shape index (κ1) is 15.5. The summed E-state index contributed by atoms with van der Waals surface area (Å²) in [4.78, 5) is 22.9. The van der Waals surface area contributed by atoms with Gasteiger partial charge in [0, 0.05) is 19.3 Å². The molecule has 114 valence electrons. The van der Waals surface area contributed by atoms with Crippen LogP contribution in [0, 0.1) is 0 Å². The molecule has 21 heavy (non-hydrogen) atoms. The lowest BCUT2D eigenvalue weighted by Gasteiger charge is -2.11. The van der Waals surface area contributed by atoms with Gasteiger partial charge >= 0.3 is 5.97 Å². The van der Waals surface area contributed by atoms with Crippen LogP contribution in [0.25, 0.3) is 0 Å². The van der Waals surface area contributed by atoms with Crippen LogP contribution in [0.5, 0.6) is 0 Å². The van der Waals surface area contributed by atoms with Crippen molar-refractivity contribution < 1.29 is 19.4 Å². The lowest BCUT2D eigenvalue weighted by atomic mass is 9.96. The molecule has 0 aliphatic heterocycles. The topological polar surface area (TPSA) is 87.7 Å². The summed E-state index contributed by atoms with van der Waals surface area (Å²) in [6, 6.07) is 7.03. The maximum absolute atomic E-state index is 11.7. The van der Waals surface area contributed by atoms with Gasteiger partial charge in [-0.2, -0.15) is 0 Å². The summed E-state index contributed by atoms with van der Waals surface area (Å²) < 4.78 is 4.87. The molecule has 1 aromatic rings. The van der Waals surface area contributed by atoms with Crippen LogP contribution in [0.15, 0.2) is 24.3 Å². The Morgan fingerprint density at radius 2 is 1.95 bits per heavy atom. The second kappa shape index (κ2) is 6.69. The highest BCUT2D eigenvalue weighted by Crippen LogP contribution is 2.48. The number of methoxy groups -OCH3 is 1. The van der Waals surface area contributed by atoms with Gasteiger partial charge in [-0.25, -0.2) is 0 Å². The number of hydrogen-bond acceptors (Lipinski definition) is 4. The van der Waals surface area contributed by atoms with Gasteiger partial charge in [0.15, 0.2) is 0 Å². The van der Waals surface area contributed by atoms with E-state index in [1.807, 2.05) is 0 Å². The van der Waals surface area contributed by atoms with E-state index in [0.717, 1.165) is 5.56 Å². The molecule has 3 N–H and O–H groups in total. The zero-order valence-corrected chi connectivity index (χ0v) is 12.0. The minimum atomic E-state index is -0.776. The summed E-state index contributed by atoms with van der Waals surface area (Å²) in [5.74, 6) is -0.917. The first-order chi connectivity index (χ1) is 10.1. The van der Waals surface area contributed by atoms with Gasteiger partial charge in [-0.3, -0.25) is 9.59 Å². The van der Waals surface area contributed by atoms with E-state index in [4.69, 9.17) is 4.74 Å². The smallest absolute Gasteiger partial charge is 0.314 e. The van der Waals surface area contributed by atoms with Crippen LogP contribution in [0.3, 0.4) is 0 Å². The normalized spacial score (nSPS) is 15.5. The summed E-state index contributed by atoms with van der Waals surface area (Å²) in [6.07, 6.45) is 1.36. The van der Waals surface area contributed by atoms with E-state index in [1.165, 1.54) is 0 Å². The predicted octanol–water partition coefficient (Wildman–Crippen LogP) is 0.977. The molecule has 6 heteroatoms. The van der Waals surface area contributed by atoms with Gasteiger partial charge in [-0.1, -0.05) is 12.1 Å². The van der Waals surface area contributed by atoms with Gasteiger partial charge in [0.25, 0.3) is 0 Å². The van der Waals surface area contributed by atoms with Crippen LogP contribution >= 0.6 is 0 Å². The molecule has 0 bridgehead atoms. The fourth-order valence-corrected chi connectivity index (χ4v) is 2.20. The maximum atomic E-state index is 11.7. The van der Waals surface area contributed by atoms with E-state index in [2.05, 4.69) is 10.6 Å². The van der Waals surface area contributed by atoms with Crippen molar-refractivity contribution in [2.75, 3.05) is 32.1 Å². The molecule has 2 rings (SSSR count). The van der Waals surface area contributed by atoms with Crippen molar-refractivity contribution >= 4 is 17.6 Å². The zero-order valence-electron chi connectivity index (χ0n) is 12.0. The maximum Gasteiger partial charge on any atom is 0.314 e. The average molecular weight is 292 g/mol. The average Bonchev–Trinajstić information content (AvgIpc) is 3.26. The number of ether oxygens (including phenoxy) is 1. The summed E-state index contributed by atoms with van der Waals surface area (Å²) in [5.41, 5.74) is 0.759. The van der Waals surface area contributed by atoms with Crippen LogP contribution in [0.4, 0.5) is 5.69 Å². The zero-order chi connectivity index (χ0) is 15.3. The first-order valence-electron chi connectivity index (χ1n) is 6.92. The largest absolute Gasteiger partial charge is 0.481 e. The number of aliphatic carboxylic acids is 1. The second-order valence-corrected chi connectivity index (χ2v) is 5.18. The molecular weight excluding hydrogens is 272 g/mol. The van der Waals surface area contributed by atoms with Crippen molar-refractivity contribution in [2.24, 2.45) is 0 Å². The van der Waals surface area contributed by atoms with Gasteiger partial charge < -0.3 is 20.5 Å². The Morgan fingerprint density at radius 1 is 1.29 bits per heavy atom. The molecule has 1 aliphatic carbocycles. The van der Waals surface area contributed by atoms with Crippen LogP contribution in [0.2, 0.25) is 0 Å². The van der Waals surface area contributed by atoms with Crippen LogP contribution in [-0.2, 0) is 19.7 Å². The highest BCUT2D eigenvalue weighted by Gasteiger charge is 2.51. The summed E-state index contributed by atoms with van der Waals surface area (Å²) in [5, 5.41) is 14.9. The number of anilines is 1. The number of carbonyl (C=O) groups excluding carboxylic acids is 1. The highest BCUT2D eigenvalue weighted by atomic mass is 16.5. The fourth-order valence-electron chi connectivity index (χ4n) is 2.20. The summed E-state index contributed by atoms with van der Waals surface area (Å²) >= 11 is 0. The van der Waals surface area contributed by atoms with E-state index in [0.29, 0.717) is 31.7 Å². The molecule has 0 unspecified atom stereocenters. The molecule has 1 amide bonds. The minimum Gasteiger partial charge on any atom is -0.481 e. The lowest BCUT2D eigenvalue weighted by molar-refractivity contribution is -0.140. The molecule has 1 aliphatic rings. The van der Waals surface area contributed by atoms with Crippen molar-refractivity contribution in [3.8, 4) is 0 Å². The lowest BCUT2D eigenvalue weighted by Crippen LogP contribution is -2.30. The van der Waals surface area contributed by atoms with Crippen molar-refractivity contribution in [3.63, 3.8) is 0 Å². The number of nitrogens with one attached hydrogen (secondary N) is 2. The second-order valence-electron chi connectivity index (χ2n) is 5.18. The third kappa shape index (κ3) is 3.80. The molecule has 6 nitrogen and oxygen atoms in total. The number of carboxylic acid groups (broad SMARTS) is 1. The Balaban J connectivity index is 1.85. The van der Waals surface area contributed by atoms with Crippen molar-refractivity contribution in [1.82, 2.24) is 5.32 Å². The number of carbonyl (C=O) groups is 2. The molecule has 1 fully saturated rings. The number of rotatable bonds is 8. The first-order valence-corrected chi connectivity index (χ1v) is 6.92. The van der Waals surface area contributed by atoms with E-state index >= 15 is 0 Å². The van der Waals surface area contributed by atoms with E-state index in [1.54, 1.807) is 31.4 Å². The van der Waals surface area contributed by atoms with Crippen molar-refractivity contribution in [2.45, 2.75) is 18.3 Å². The van der Waals surface area contributed by atoms with E-state index in [-0.39, 0.29) is 12.5 Å². The number of hydrogen-bond donors (Lipinski definition) is 3. The van der Waals surface area contributed by atoms with Crippen molar-refractivity contribution in [1.29, 1.82) is 0 Å². The Labute approximate surface area is 123 Å². The Bertz CT molecular complexity index is 509. The number of benzene rings is 1. The minimum absolute atomic E-state index is 0.141. The highest BCUT2D eigenvalue weighted by molar-refractivity contribution is 5.92. The molecule has 0 spiro atoms. The van der Waals surface area contributed by atoms with E-state index < -0.39 is 11.4 Å². The monoisotopic (exact) mass is 292 g/mol. The quantitative estimate of drug-likeness (QED) is 0.622. The van der Waals surface area contributed by atoms with E-state index in [9.17, 15) is 14.7 Å². The van der Waals surface area contributed by atoms with Gasteiger partial charge in [0.1, 0.15) is 0 Å². The summed E-state index contributed by atoms with van der Waals surface area (Å²) in [7, 11) is 1.60. The van der Waals surface area contributed by atoms with Crippen molar-refractivity contribution in [3.05, 3.63) is 29.8 Å². The van der Waals surface area contributed by atoms with Crippen LogP contribution in [0.1, 0.15) is 18.4 Å². The molecule has 0 saturated heterocycles. The Kier molecular flexibility index (Phi) is 4.93. The van der Waals surface area contributed by atoms with Gasteiger partial charge in [-0.15, -0.1) is 0 Å². The number of amides is 1. The van der Waals surface area contributed by atoms with Crippen LogP contribution in [-0.4, -0.2) is 43.8 Å². The SMILES string of the molecule is COCCNCC(=O)Nc1ccc(C2(C(=O)O)CC2)cc1. The summed E-state index contributed by atoms with van der Waals surface area (Å²) in [6.45, 7) is 1.38. The molecule has 0 atom stereocenters. The predicted molar refractivity (Wildman–Crippen MR) is 78.4 cm³/mol. The standard InChI is InChI=1S/C15H20N2O4/c1-21-9-8-16-10-13(18)17-12-4-2-11(3-5-12)15(6-7-15)14(19)20/h2-5,16H,6-10H2,1H3,(H,17,18)(H,19,20). The van der Waals surface area contributed by atoms with Crippen LogP contribution < -0.4 is 10.6 Å². The van der Waals surface area contributed by atoms with Gasteiger partial charge in [0.05, 0.1) is 18.6 Å². The number of carboxylic acids is 1. The molecule has 1 aromatic carbocycles. The molecule has 1 saturated carbocycles. The third-order valence-electron chi connectivity index (χ3n) is 3.65. The molecule has 0 heterocycles. The molecule has 0 radical (unpaired) electrons. The molecule has 0 aromatic heterocycles. The fraction of sp³-hybridized carbons (Fsp3) is 0.467. The Morgan fingerprint density at radius 3 is 2.48 bits per heavy atom. The van der Waals surface area contributed by atoms with Gasteiger partial charge in [-0.05, 0) is 30.5 Å². The van der Waals surface area contributed by atoms with Gasteiger partial charge in [0.2, 0.25) is 5.91 Å².